The highest BCUT2D eigenvalue weighted by Gasteiger charge is 2.41. The SMILES string of the molecule is C[C@H](NC(=O)[C@@H]1CCCN1C(=O)[C@@H](NC(=O)[C@@H](NC(=O)[C@H](CC(=O)O)NC(=O)[C@H](CO)NC(=O)[C@H](CO)NC(=O)[C@@H](N)Cc1ccc(O)cc1)[C@@H](C)O)[C@@H](C)O)C(=O)O. The smallest absolute Gasteiger partial charge is 0.325 e. The summed E-state index contributed by atoms with van der Waals surface area (Å²) in [7, 11) is 0. The van der Waals surface area contributed by atoms with Crippen molar-refractivity contribution in [2.75, 3.05) is 19.8 Å². The number of carboxylic acids is 2. The minimum atomic E-state index is -2.03. The highest BCUT2D eigenvalue weighted by molar-refractivity contribution is 5.98. The Morgan fingerprint density at radius 3 is 1.69 bits per heavy atom. The molecule has 1 fully saturated rings. The lowest BCUT2D eigenvalue weighted by Gasteiger charge is -2.32. The number of hydrogen-bond acceptors (Lipinski definition) is 15. The predicted octanol–water partition coefficient (Wildman–Crippen LogP) is -6.51. The monoisotopic (exact) mass is 840 g/mol. The minimum absolute atomic E-state index is 0.00851. The second-order valence-corrected chi connectivity index (χ2v) is 13.8. The maximum atomic E-state index is 13.5. The first-order chi connectivity index (χ1) is 27.6. The van der Waals surface area contributed by atoms with Crippen molar-refractivity contribution in [1.82, 2.24) is 36.8 Å². The standard InChI is InChI=1S/C35H52N8O16/c1-15(35(58)59)37-32(55)24-5-4-10-43(24)34(57)27(17(3)47)42-33(56)26(16(2)46)41-29(52)21(12-25(49)50)38-30(53)23(14-45)40-31(54)22(13-44)39-28(51)20(36)11-18-6-8-19(48)9-7-18/h6-9,15-17,20-24,26-27,44-48H,4-5,10-14,36H2,1-3H3,(H,37,55)(H,38,53)(H,39,51)(H,40,54)(H,41,52)(H,42,56)(H,49,50)(H,58,59)/t15-,16+,17+,20-,21-,22-,23-,24-,26-,27-/m0/s1. The van der Waals surface area contributed by atoms with Gasteiger partial charge >= 0.3 is 11.9 Å². The van der Waals surface area contributed by atoms with E-state index >= 15 is 0 Å². The number of hydrogen-bond donors (Lipinski definition) is 14. The molecule has 1 aromatic carbocycles. The molecule has 15 N–H and O–H groups in total. The number of carbonyl (C=O) groups excluding carboxylic acids is 7. The number of aliphatic carboxylic acids is 2. The summed E-state index contributed by atoms with van der Waals surface area (Å²) in [6, 6.07) is -7.31. The largest absolute Gasteiger partial charge is 0.508 e. The topological polar surface area (TPSA) is 397 Å². The molecule has 0 aliphatic carbocycles. The van der Waals surface area contributed by atoms with Crippen molar-refractivity contribution in [3.05, 3.63) is 29.8 Å². The summed E-state index contributed by atoms with van der Waals surface area (Å²) in [4.78, 5) is 116. The normalized spacial score (nSPS) is 18.2. The van der Waals surface area contributed by atoms with Crippen LogP contribution in [-0.4, -0.2) is 174 Å². The maximum absolute atomic E-state index is 13.5. The number of benzene rings is 1. The van der Waals surface area contributed by atoms with E-state index in [0.29, 0.717) is 12.0 Å². The Labute approximate surface area is 336 Å². The Balaban J connectivity index is 2.15. The van der Waals surface area contributed by atoms with Gasteiger partial charge in [0.1, 0.15) is 48.0 Å². The first kappa shape index (κ1) is 49.2. The van der Waals surface area contributed by atoms with E-state index in [1.54, 1.807) is 0 Å². The molecule has 0 spiro atoms. The Hall–Kier alpha value is -5.95. The van der Waals surface area contributed by atoms with E-state index in [-0.39, 0.29) is 25.1 Å². The average molecular weight is 841 g/mol. The molecule has 10 atom stereocenters. The van der Waals surface area contributed by atoms with Crippen LogP contribution in [0.4, 0.5) is 0 Å². The number of aliphatic hydroxyl groups excluding tert-OH is 4. The molecule has 0 saturated carbocycles. The van der Waals surface area contributed by atoms with Crippen molar-refractivity contribution in [2.45, 2.75) is 107 Å². The molecule has 1 heterocycles. The van der Waals surface area contributed by atoms with Gasteiger partial charge in [0.25, 0.3) is 0 Å². The third-order valence-corrected chi connectivity index (χ3v) is 9.05. The number of aliphatic hydroxyl groups is 4. The number of carbonyl (C=O) groups is 9. The second kappa shape index (κ2) is 22.8. The molecular weight excluding hydrogens is 788 g/mol. The Morgan fingerprint density at radius 2 is 1.20 bits per heavy atom. The van der Waals surface area contributed by atoms with Crippen molar-refractivity contribution >= 4 is 53.3 Å². The van der Waals surface area contributed by atoms with Gasteiger partial charge in [-0.15, -0.1) is 0 Å². The molecule has 24 nitrogen and oxygen atoms in total. The molecule has 1 aliphatic rings. The van der Waals surface area contributed by atoms with E-state index in [0.717, 1.165) is 18.7 Å². The van der Waals surface area contributed by atoms with Crippen molar-refractivity contribution in [2.24, 2.45) is 5.73 Å². The van der Waals surface area contributed by atoms with Crippen LogP contribution in [-0.2, 0) is 49.6 Å². The number of amides is 7. The van der Waals surface area contributed by atoms with Crippen LogP contribution in [0.25, 0.3) is 0 Å². The average Bonchev–Trinajstić information content (AvgIpc) is 3.67. The van der Waals surface area contributed by atoms with E-state index in [2.05, 4.69) is 21.3 Å². The van der Waals surface area contributed by atoms with Crippen LogP contribution in [0, 0.1) is 0 Å². The molecule has 59 heavy (non-hydrogen) atoms. The van der Waals surface area contributed by atoms with Crippen molar-refractivity contribution < 1.29 is 78.9 Å². The number of nitrogens with one attached hydrogen (secondary N) is 6. The van der Waals surface area contributed by atoms with Gasteiger partial charge in [-0.05, 0) is 57.7 Å². The van der Waals surface area contributed by atoms with Gasteiger partial charge in [-0.1, -0.05) is 12.1 Å². The fourth-order valence-corrected chi connectivity index (χ4v) is 5.72. The summed E-state index contributed by atoms with van der Waals surface area (Å²) in [5.41, 5.74) is 6.45. The van der Waals surface area contributed by atoms with Crippen LogP contribution in [0.2, 0.25) is 0 Å². The highest BCUT2D eigenvalue weighted by Crippen LogP contribution is 2.20. The first-order valence-corrected chi connectivity index (χ1v) is 18.3. The number of nitrogens with zero attached hydrogens (tertiary/aromatic N) is 1. The number of nitrogens with two attached hydrogens (primary N) is 1. The van der Waals surface area contributed by atoms with E-state index in [1.165, 1.54) is 31.2 Å². The fourth-order valence-electron chi connectivity index (χ4n) is 5.72. The number of rotatable bonds is 22. The number of phenolic OH excluding ortho intramolecular Hbond substituents is 1. The molecule has 1 aliphatic heterocycles. The lowest BCUT2D eigenvalue weighted by atomic mass is 10.1. The van der Waals surface area contributed by atoms with Gasteiger partial charge in [0.2, 0.25) is 41.4 Å². The molecule has 7 amide bonds. The fraction of sp³-hybridized carbons (Fsp3) is 0.571. The quantitative estimate of drug-likeness (QED) is 0.0516. The number of likely N-dealkylation sites (tertiary alicyclic amines) is 1. The lowest BCUT2D eigenvalue weighted by Crippen LogP contribution is -2.63. The molecule has 1 aromatic rings. The highest BCUT2D eigenvalue weighted by atomic mass is 16.4. The predicted molar refractivity (Wildman–Crippen MR) is 199 cm³/mol. The number of carboxylic acid groups (broad SMARTS) is 2. The molecule has 0 aromatic heterocycles. The number of phenols is 1. The van der Waals surface area contributed by atoms with Crippen LogP contribution in [0.1, 0.15) is 45.6 Å². The zero-order valence-corrected chi connectivity index (χ0v) is 32.4. The number of aromatic hydroxyl groups is 1. The molecule has 328 valence electrons. The Kier molecular flexibility index (Phi) is 19.1. The van der Waals surface area contributed by atoms with Crippen molar-refractivity contribution in [1.29, 1.82) is 0 Å². The molecule has 24 heteroatoms. The van der Waals surface area contributed by atoms with Crippen molar-refractivity contribution in [3.63, 3.8) is 0 Å². The molecule has 2 rings (SSSR count). The Morgan fingerprint density at radius 1 is 0.712 bits per heavy atom. The van der Waals surface area contributed by atoms with Crippen molar-refractivity contribution in [3.8, 4) is 5.75 Å². The molecule has 1 saturated heterocycles. The molecule has 0 unspecified atom stereocenters. The van der Waals surface area contributed by atoms with E-state index in [1.807, 2.05) is 10.6 Å². The van der Waals surface area contributed by atoms with Crippen LogP contribution in [0.5, 0.6) is 5.75 Å². The zero-order chi connectivity index (χ0) is 44.7. The van der Waals surface area contributed by atoms with Gasteiger partial charge in [0.05, 0.1) is 37.9 Å². The molecule has 0 radical (unpaired) electrons. The zero-order valence-electron chi connectivity index (χ0n) is 32.4. The van der Waals surface area contributed by atoms with Crippen LogP contribution >= 0.6 is 0 Å². The summed E-state index contributed by atoms with van der Waals surface area (Å²) in [6.45, 7) is 1.21. The molecular formula is C35H52N8O16. The third-order valence-electron chi connectivity index (χ3n) is 9.05. The Bertz CT molecular complexity index is 1690. The summed E-state index contributed by atoms with van der Waals surface area (Å²) in [5.74, 6) is -10.9. The van der Waals surface area contributed by atoms with Gasteiger partial charge in [-0.2, -0.15) is 0 Å². The van der Waals surface area contributed by atoms with Gasteiger partial charge < -0.3 is 78.3 Å². The van der Waals surface area contributed by atoms with E-state index in [4.69, 9.17) is 10.8 Å². The second-order valence-electron chi connectivity index (χ2n) is 13.8. The minimum Gasteiger partial charge on any atom is -0.508 e. The molecule has 0 bridgehead atoms. The summed E-state index contributed by atoms with van der Waals surface area (Å²) in [5, 5.41) is 81.2. The van der Waals surface area contributed by atoms with E-state index in [9.17, 15) is 73.8 Å². The summed E-state index contributed by atoms with van der Waals surface area (Å²) < 4.78 is 0. The van der Waals surface area contributed by atoms with Gasteiger partial charge in [0, 0.05) is 6.54 Å². The lowest BCUT2D eigenvalue weighted by molar-refractivity contribution is -0.146. The van der Waals surface area contributed by atoms with Gasteiger partial charge in [-0.25, -0.2) is 0 Å². The summed E-state index contributed by atoms with van der Waals surface area (Å²) in [6.07, 6.45) is -4.11. The van der Waals surface area contributed by atoms with E-state index < -0.39 is 133 Å². The first-order valence-electron chi connectivity index (χ1n) is 18.3. The van der Waals surface area contributed by atoms with Crippen LogP contribution in [0.15, 0.2) is 24.3 Å². The van der Waals surface area contributed by atoms with Crippen LogP contribution < -0.4 is 37.6 Å². The van der Waals surface area contributed by atoms with Gasteiger partial charge in [-0.3, -0.25) is 43.2 Å². The third kappa shape index (κ3) is 14.7. The van der Waals surface area contributed by atoms with Gasteiger partial charge in [0.15, 0.2) is 0 Å². The van der Waals surface area contributed by atoms with Crippen LogP contribution in [0.3, 0.4) is 0 Å². The summed E-state index contributed by atoms with van der Waals surface area (Å²) >= 11 is 0. The maximum Gasteiger partial charge on any atom is 0.325 e.